The number of halogens is 2. The van der Waals surface area contributed by atoms with Crippen LogP contribution in [0.1, 0.15) is 54.5 Å². The van der Waals surface area contributed by atoms with E-state index in [2.05, 4.69) is 16.3 Å². The summed E-state index contributed by atoms with van der Waals surface area (Å²) in [6, 6.07) is 21.8. The van der Waals surface area contributed by atoms with E-state index >= 15 is 0 Å². The largest absolute Gasteiger partial charge is 0.376 e. The summed E-state index contributed by atoms with van der Waals surface area (Å²) < 4.78 is 0. The average molecular weight is 497 g/mol. The minimum Gasteiger partial charge on any atom is -0.376 e. The number of piperidine rings is 1. The molecule has 0 amide bonds. The molecule has 178 valence electrons. The van der Waals surface area contributed by atoms with E-state index in [0.29, 0.717) is 36.0 Å². The summed E-state index contributed by atoms with van der Waals surface area (Å²) in [4.78, 5) is 7.10. The second-order valence-corrected chi connectivity index (χ2v) is 10.1. The first-order valence-corrected chi connectivity index (χ1v) is 12.7. The average Bonchev–Trinajstić information content (AvgIpc) is 3.04. The van der Waals surface area contributed by atoms with Gasteiger partial charge in [-0.3, -0.25) is 4.90 Å². The molecule has 2 aromatic carbocycles. The second-order valence-electron chi connectivity index (χ2n) is 9.33. The smallest absolute Gasteiger partial charge is 0.126 e. The van der Waals surface area contributed by atoms with Gasteiger partial charge in [-0.05, 0) is 61.1 Å². The summed E-state index contributed by atoms with van der Waals surface area (Å²) in [5.74, 6) is 1.00. The van der Waals surface area contributed by atoms with Crippen LogP contribution in [0.2, 0.25) is 10.0 Å². The number of fused-ring (bicyclic) bond motifs is 2. The molecule has 5 rings (SSSR count). The monoisotopic (exact) mass is 496 g/mol. The highest BCUT2D eigenvalue weighted by atomic mass is 35.5. The third-order valence-corrected chi connectivity index (χ3v) is 7.89. The Labute approximate surface area is 210 Å². The van der Waals surface area contributed by atoms with Gasteiger partial charge in [0.2, 0.25) is 0 Å². The van der Waals surface area contributed by atoms with Gasteiger partial charge in [0, 0.05) is 40.8 Å². The van der Waals surface area contributed by atoms with Crippen molar-refractivity contribution < 1.29 is 5.11 Å². The molecule has 5 nitrogen and oxygen atoms in total. The molecular formula is C27H30Cl2N4O. The maximum atomic E-state index is 12.1. The van der Waals surface area contributed by atoms with E-state index in [9.17, 15) is 5.11 Å². The van der Waals surface area contributed by atoms with Gasteiger partial charge in [-0.2, -0.15) is 0 Å². The summed E-state index contributed by atoms with van der Waals surface area (Å²) >= 11 is 13.4. The van der Waals surface area contributed by atoms with E-state index in [0.717, 1.165) is 35.5 Å². The molecule has 1 aromatic heterocycles. The zero-order valence-corrected chi connectivity index (χ0v) is 20.5. The van der Waals surface area contributed by atoms with Crippen molar-refractivity contribution in [1.29, 1.82) is 0 Å². The SMILES string of the molecule is NCCNc1cccc(C2CC3CCC(O)(C2)N3C(c2ccccc2Cl)c2ccccc2Cl)n1. The molecule has 4 N–H and O–H groups in total. The Balaban J connectivity index is 1.51. The first-order chi connectivity index (χ1) is 16.5. The van der Waals surface area contributed by atoms with E-state index in [1.807, 2.05) is 60.7 Å². The van der Waals surface area contributed by atoms with Crippen LogP contribution in [-0.4, -0.2) is 39.8 Å². The maximum absolute atomic E-state index is 12.1. The number of benzene rings is 2. The van der Waals surface area contributed by atoms with Gasteiger partial charge in [0.05, 0.1) is 6.04 Å². The van der Waals surface area contributed by atoms with Crippen LogP contribution in [0.3, 0.4) is 0 Å². The Morgan fingerprint density at radius 1 is 1.03 bits per heavy atom. The fraction of sp³-hybridized carbons (Fsp3) is 0.370. The Kier molecular flexibility index (Phi) is 6.83. The lowest BCUT2D eigenvalue weighted by atomic mass is 9.83. The second kappa shape index (κ2) is 9.84. The molecule has 2 saturated heterocycles. The minimum absolute atomic E-state index is 0.173. The number of pyridine rings is 1. The molecule has 3 heterocycles. The molecule has 0 aliphatic carbocycles. The highest BCUT2D eigenvalue weighted by Gasteiger charge is 2.54. The first kappa shape index (κ1) is 23.6. The van der Waals surface area contributed by atoms with Gasteiger partial charge in [-0.1, -0.05) is 65.7 Å². The van der Waals surface area contributed by atoms with Crippen LogP contribution in [0.15, 0.2) is 66.7 Å². The van der Waals surface area contributed by atoms with E-state index in [-0.39, 0.29) is 18.0 Å². The van der Waals surface area contributed by atoms with Crippen molar-refractivity contribution in [3.63, 3.8) is 0 Å². The fourth-order valence-corrected chi connectivity index (χ4v) is 6.24. The predicted octanol–water partition coefficient (Wildman–Crippen LogP) is 5.58. The van der Waals surface area contributed by atoms with Crippen LogP contribution in [0.25, 0.3) is 0 Å². The lowest BCUT2D eigenvalue weighted by molar-refractivity contribution is -0.139. The number of hydrogen-bond donors (Lipinski definition) is 3. The Hall–Kier alpha value is -2.15. The standard InChI is InChI=1S/C27H30Cl2N4O/c28-22-8-3-1-6-20(22)26(21-7-2-4-9-23(21)29)33-19-12-13-27(33,34)17-18(16-19)24-10-5-11-25(32-24)31-15-14-30/h1-11,18-19,26,34H,12-17,30H2,(H,31,32). The molecule has 2 fully saturated rings. The first-order valence-electron chi connectivity index (χ1n) is 11.9. The molecule has 3 unspecified atom stereocenters. The van der Waals surface area contributed by atoms with Gasteiger partial charge >= 0.3 is 0 Å². The summed E-state index contributed by atoms with van der Waals surface area (Å²) in [5, 5.41) is 16.7. The Morgan fingerprint density at radius 3 is 2.32 bits per heavy atom. The van der Waals surface area contributed by atoms with E-state index in [1.54, 1.807) is 0 Å². The van der Waals surface area contributed by atoms with Crippen LogP contribution in [0, 0.1) is 0 Å². The molecule has 0 saturated carbocycles. The van der Waals surface area contributed by atoms with Crippen LogP contribution in [-0.2, 0) is 0 Å². The predicted molar refractivity (Wildman–Crippen MR) is 138 cm³/mol. The van der Waals surface area contributed by atoms with Crippen molar-refractivity contribution in [2.24, 2.45) is 5.73 Å². The summed E-state index contributed by atoms with van der Waals surface area (Å²) in [7, 11) is 0. The lowest BCUT2D eigenvalue weighted by Gasteiger charge is -2.49. The van der Waals surface area contributed by atoms with Crippen molar-refractivity contribution >= 4 is 29.0 Å². The van der Waals surface area contributed by atoms with Crippen molar-refractivity contribution in [3.05, 3.63) is 93.6 Å². The number of nitrogens with one attached hydrogen (secondary N) is 1. The third-order valence-electron chi connectivity index (χ3n) is 7.20. The molecule has 7 heteroatoms. The quantitative estimate of drug-likeness (QED) is 0.398. The van der Waals surface area contributed by atoms with E-state index < -0.39 is 5.72 Å². The Morgan fingerprint density at radius 2 is 1.71 bits per heavy atom. The van der Waals surface area contributed by atoms with Gasteiger partial charge in [0.15, 0.2) is 0 Å². The lowest BCUT2D eigenvalue weighted by Crippen LogP contribution is -2.54. The number of nitrogens with two attached hydrogens (primary N) is 1. The minimum atomic E-state index is -0.973. The normalized spacial score (nSPS) is 24.5. The number of rotatable bonds is 7. The van der Waals surface area contributed by atoms with Crippen molar-refractivity contribution in [2.75, 3.05) is 18.4 Å². The number of aliphatic hydroxyl groups is 1. The molecule has 0 radical (unpaired) electrons. The zero-order valence-electron chi connectivity index (χ0n) is 19.0. The van der Waals surface area contributed by atoms with Crippen LogP contribution >= 0.6 is 23.2 Å². The zero-order chi connectivity index (χ0) is 23.7. The number of anilines is 1. The molecule has 3 atom stereocenters. The maximum Gasteiger partial charge on any atom is 0.126 e. The Bertz CT molecular complexity index is 1110. The summed E-state index contributed by atoms with van der Waals surface area (Å²) in [6.07, 6.45) is 3.16. The fourth-order valence-electron chi connectivity index (χ4n) is 5.77. The molecular weight excluding hydrogens is 467 g/mol. The molecule has 0 spiro atoms. The van der Waals surface area contributed by atoms with E-state index in [4.69, 9.17) is 33.9 Å². The van der Waals surface area contributed by atoms with Crippen LogP contribution in [0.4, 0.5) is 5.82 Å². The molecule has 3 aromatic rings. The highest BCUT2D eigenvalue weighted by Crippen LogP contribution is 2.54. The molecule has 2 bridgehead atoms. The van der Waals surface area contributed by atoms with Crippen LogP contribution < -0.4 is 11.1 Å². The molecule has 2 aliphatic rings. The van der Waals surface area contributed by atoms with Crippen LogP contribution in [0.5, 0.6) is 0 Å². The summed E-state index contributed by atoms with van der Waals surface area (Å²) in [6.45, 7) is 1.23. The van der Waals surface area contributed by atoms with Gasteiger partial charge < -0.3 is 16.2 Å². The topological polar surface area (TPSA) is 74.4 Å². The third kappa shape index (κ3) is 4.43. The summed E-state index contributed by atoms with van der Waals surface area (Å²) in [5.41, 5.74) is 7.60. The molecule has 34 heavy (non-hydrogen) atoms. The van der Waals surface area contributed by atoms with Crippen molar-refractivity contribution in [3.8, 4) is 0 Å². The van der Waals surface area contributed by atoms with Crippen molar-refractivity contribution in [1.82, 2.24) is 9.88 Å². The highest BCUT2D eigenvalue weighted by molar-refractivity contribution is 6.32. The molecule has 2 aliphatic heterocycles. The van der Waals surface area contributed by atoms with Crippen molar-refractivity contribution in [2.45, 2.75) is 49.4 Å². The van der Waals surface area contributed by atoms with Gasteiger partial charge in [0.25, 0.3) is 0 Å². The van der Waals surface area contributed by atoms with Gasteiger partial charge in [-0.25, -0.2) is 4.98 Å². The number of nitrogens with zero attached hydrogens (tertiary/aromatic N) is 2. The number of hydrogen-bond acceptors (Lipinski definition) is 5. The van der Waals surface area contributed by atoms with Gasteiger partial charge in [0.1, 0.15) is 11.5 Å². The van der Waals surface area contributed by atoms with Gasteiger partial charge in [-0.15, -0.1) is 0 Å². The van der Waals surface area contributed by atoms with E-state index in [1.165, 1.54) is 0 Å². The number of aromatic nitrogens is 1.